The average molecular weight is 488 g/mol. The monoisotopic (exact) mass is 487 g/mol. The van der Waals surface area contributed by atoms with Gasteiger partial charge < -0.3 is 19.5 Å². The van der Waals surface area contributed by atoms with Gasteiger partial charge in [-0.25, -0.2) is 4.39 Å². The van der Waals surface area contributed by atoms with Crippen LogP contribution in [0.25, 0.3) is 5.76 Å². The average Bonchev–Trinajstić information content (AvgIpc) is 3.42. The summed E-state index contributed by atoms with van der Waals surface area (Å²) in [6.07, 6.45) is 0. The number of ether oxygens (including phenoxy) is 2. The second-order valence-corrected chi connectivity index (χ2v) is 9.99. The van der Waals surface area contributed by atoms with Crippen molar-refractivity contribution in [2.45, 2.75) is 38.8 Å². The second-order valence-electron chi connectivity index (χ2n) is 9.99. The number of likely N-dealkylation sites (tertiary alicyclic amines) is 1. The highest BCUT2D eigenvalue weighted by molar-refractivity contribution is 6.46. The van der Waals surface area contributed by atoms with E-state index in [-0.39, 0.29) is 30.1 Å². The maximum atomic E-state index is 13.5. The van der Waals surface area contributed by atoms with E-state index < -0.39 is 23.5 Å². The fourth-order valence-corrected chi connectivity index (χ4v) is 4.54. The largest absolute Gasteiger partial charge is 0.507 e. The Bertz CT molecular complexity index is 1370. The molecule has 1 saturated heterocycles. The van der Waals surface area contributed by atoms with Crippen molar-refractivity contribution < 1.29 is 28.6 Å². The summed E-state index contributed by atoms with van der Waals surface area (Å²) in [7, 11) is 0. The van der Waals surface area contributed by atoms with Crippen LogP contribution in [-0.4, -0.2) is 28.5 Å². The first kappa shape index (κ1) is 23.6. The molecule has 3 aromatic carbocycles. The van der Waals surface area contributed by atoms with Gasteiger partial charge in [-0.2, -0.15) is 0 Å². The third-order valence-electron chi connectivity index (χ3n) is 6.54. The van der Waals surface area contributed by atoms with Crippen LogP contribution in [-0.2, 0) is 21.5 Å². The summed E-state index contributed by atoms with van der Waals surface area (Å²) < 4.78 is 24.2. The van der Waals surface area contributed by atoms with Crippen molar-refractivity contribution in [2.24, 2.45) is 0 Å². The minimum atomic E-state index is -0.825. The molecular formula is C29H26FNO5. The van der Waals surface area contributed by atoms with Crippen molar-refractivity contribution in [2.75, 3.05) is 6.79 Å². The number of fused-ring (bicyclic) bond motifs is 1. The zero-order chi connectivity index (χ0) is 25.6. The SMILES string of the molecule is CC(C)(C)c1ccc(C2/C(=C(/O)c3ccc4c(c3)OCO4)C(=O)C(=O)N2Cc2ccc(F)cc2)cc1. The molecule has 2 aliphatic rings. The fraction of sp³-hybridized carbons (Fsp3) is 0.241. The normalized spacial score (nSPS) is 18.7. The zero-order valence-electron chi connectivity index (χ0n) is 20.2. The van der Waals surface area contributed by atoms with Crippen LogP contribution in [0, 0.1) is 5.82 Å². The molecule has 3 aromatic rings. The van der Waals surface area contributed by atoms with Gasteiger partial charge in [0.25, 0.3) is 11.7 Å². The van der Waals surface area contributed by atoms with Crippen LogP contribution >= 0.6 is 0 Å². The number of carbonyl (C=O) groups excluding carboxylic acids is 2. The number of carbonyl (C=O) groups is 2. The summed E-state index contributed by atoms with van der Waals surface area (Å²) in [5.41, 5.74) is 2.70. The number of hydrogen-bond acceptors (Lipinski definition) is 5. The number of hydrogen-bond donors (Lipinski definition) is 1. The van der Waals surface area contributed by atoms with Gasteiger partial charge in [-0.15, -0.1) is 0 Å². The Morgan fingerprint density at radius 3 is 2.31 bits per heavy atom. The number of rotatable bonds is 4. The maximum Gasteiger partial charge on any atom is 0.295 e. The van der Waals surface area contributed by atoms with Crippen molar-refractivity contribution >= 4 is 17.4 Å². The fourth-order valence-electron chi connectivity index (χ4n) is 4.54. The number of Topliss-reactive ketones (excluding diaryl/α,β-unsaturated/α-hetero) is 1. The maximum absolute atomic E-state index is 13.5. The summed E-state index contributed by atoms with van der Waals surface area (Å²) in [6, 6.07) is 17.5. The number of aliphatic hydroxyl groups is 1. The lowest BCUT2D eigenvalue weighted by Gasteiger charge is -2.26. The van der Waals surface area contributed by atoms with Crippen LogP contribution < -0.4 is 9.47 Å². The number of aliphatic hydroxyl groups excluding tert-OH is 1. The molecular weight excluding hydrogens is 461 g/mol. The summed E-state index contributed by atoms with van der Waals surface area (Å²) in [5, 5.41) is 11.3. The summed E-state index contributed by atoms with van der Waals surface area (Å²) >= 11 is 0. The topological polar surface area (TPSA) is 76.1 Å². The highest BCUT2D eigenvalue weighted by Gasteiger charge is 2.46. The van der Waals surface area contributed by atoms with E-state index in [0.29, 0.717) is 28.2 Å². The van der Waals surface area contributed by atoms with Gasteiger partial charge in [0, 0.05) is 12.1 Å². The number of ketones is 1. The van der Waals surface area contributed by atoms with Crippen LogP contribution in [0.15, 0.2) is 72.3 Å². The molecule has 1 amide bonds. The minimum Gasteiger partial charge on any atom is -0.507 e. The van der Waals surface area contributed by atoms with Crippen molar-refractivity contribution in [3.05, 3.63) is 100 Å². The molecule has 0 aliphatic carbocycles. The number of benzene rings is 3. The predicted octanol–water partition coefficient (Wildman–Crippen LogP) is 5.47. The number of amides is 1. The molecule has 6 nitrogen and oxygen atoms in total. The molecule has 1 fully saturated rings. The molecule has 1 atom stereocenters. The first-order chi connectivity index (χ1) is 17.1. The zero-order valence-corrected chi connectivity index (χ0v) is 20.2. The third kappa shape index (κ3) is 4.21. The molecule has 5 rings (SSSR count). The van der Waals surface area contributed by atoms with E-state index >= 15 is 0 Å². The Kier molecular flexibility index (Phi) is 5.79. The van der Waals surface area contributed by atoms with Crippen molar-refractivity contribution in [3.63, 3.8) is 0 Å². The Hall–Kier alpha value is -4.13. The smallest absolute Gasteiger partial charge is 0.295 e. The van der Waals surface area contributed by atoms with E-state index in [0.717, 1.165) is 5.56 Å². The predicted molar refractivity (Wildman–Crippen MR) is 132 cm³/mol. The first-order valence-corrected chi connectivity index (χ1v) is 11.7. The van der Waals surface area contributed by atoms with E-state index in [1.807, 2.05) is 24.3 Å². The van der Waals surface area contributed by atoms with Crippen molar-refractivity contribution in [1.29, 1.82) is 0 Å². The van der Waals surface area contributed by atoms with Crippen LogP contribution in [0.3, 0.4) is 0 Å². The van der Waals surface area contributed by atoms with Crippen LogP contribution in [0.1, 0.15) is 49.1 Å². The Morgan fingerprint density at radius 1 is 0.972 bits per heavy atom. The van der Waals surface area contributed by atoms with E-state index in [9.17, 15) is 19.1 Å². The summed E-state index contributed by atoms with van der Waals surface area (Å²) in [4.78, 5) is 27.9. The second kappa shape index (κ2) is 8.82. The molecule has 0 spiro atoms. The molecule has 1 unspecified atom stereocenters. The first-order valence-electron chi connectivity index (χ1n) is 11.7. The van der Waals surface area contributed by atoms with E-state index in [1.54, 1.807) is 30.3 Å². The van der Waals surface area contributed by atoms with Gasteiger partial charge >= 0.3 is 0 Å². The number of nitrogens with zero attached hydrogens (tertiary/aromatic N) is 1. The van der Waals surface area contributed by atoms with E-state index in [2.05, 4.69) is 20.8 Å². The van der Waals surface area contributed by atoms with Crippen molar-refractivity contribution in [1.82, 2.24) is 4.90 Å². The summed E-state index contributed by atoms with van der Waals surface area (Å²) in [6.45, 7) is 6.45. The Labute approximate surface area is 208 Å². The van der Waals surface area contributed by atoms with Gasteiger partial charge in [0.2, 0.25) is 6.79 Å². The van der Waals surface area contributed by atoms with Gasteiger partial charge in [-0.1, -0.05) is 57.2 Å². The van der Waals surface area contributed by atoms with Gasteiger partial charge in [-0.05, 0) is 52.4 Å². The molecule has 0 saturated carbocycles. The lowest BCUT2D eigenvalue weighted by Crippen LogP contribution is -2.29. The van der Waals surface area contributed by atoms with Gasteiger partial charge in [0.05, 0.1) is 11.6 Å². The van der Waals surface area contributed by atoms with E-state index in [4.69, 9.17) is 9.47 Å². The van der Waals surface area contributed by atoms with Gasteiger partial charge in [0.1, 0.15) is 11.6 Å². The van der Waals surface area contributed by atoms with Crippen LogP contribution in [0.2, 0.25) is 0 Å². The van der Waals surface area contributed by atoms with E-state index in [1.165, 1.54) is 17.0 Å². The molecule has 2 heterocycles. The molecule has 36 heavy (non-hydrogen) atoms. The van der Waals surface area contributed by atoms with Gasteiger partial charge in [0.15, 0.2) is 11.5 Å². The Morgan fingerprint density at radius 2 is 1.64 bits per heavy atom. The van der Waals surface area contributed by atoms with Crippen LogP contribution in [0.4, 0.5) is 4.39 Å². The molecule has 184 valence electrons. The highest BCUT2D eigenvalue weighted by atomic mass is 19.1. The quantitative estimate of drug-likeness (QED) is 0.300. The lowest BCUT2D eigenvalue weighted by atomic mass is 9.85. The van der Waals surface area contributed by atoms with Crippen LogP contribution in [0.5, 0.6) is 11.5 Å². The molecule has 2 aliphatic heterocycles. The highest BCUT2D eigenvalue weighted by Crippen LogP contribution is 2.42. The molecule has 1 N–H and O–H groups in total. The standard InChI is InChI=1S/C29H26FNO5/c1-29(2,3)20-9-6-18(7-10-20)25-24(26(32)19-8-13-22-23(14-19)36-16-35-22)27(33)28(34)31(25)15-17-4-11-21(30)12-5-17/h4-14,25,32H,15-16H2,1-3H3/b26-24-. The lowest BCUT2D eigenvalue weighted by molar-refractivity contribution is -0.140. The Balaban J connectivity index is 1.62. The molecule has 7 heteroatoms. The minimum absolute atomic E-state index is 0.00974. The summed E-state index contributed by atoms with van der Waals surface area (Å²) in [5.74, 6) is -1.21. The third-order valence-corrected chi connectivity index (χ3v) is 6.54. The molecule has 0 aromatic heterocycles. The van der Waals surface area contributed by atoms with Gasteiger partial charge in [-0.3, -0.25) is 9.59 Å². The number of halogens is 1. The van der Waals surface area contributed by atoms with Crippen molar-refractivity contribution in [3.8, 4) is 11.5 Å². The molecule has 0 bridgehead atoms. The molecule has 0 radical (unpaired) electrons.